The van der Waals surface area contributed by atoms with E-state index in [0.717, 1.165) is 19.3 Å². The van der Waals surface area contributed by atoms with Crippen molar-refractivity contribution in [1.29, 1.82) is 0 Å². The van der Waals surface area contributed by atoms with Gasteiger partial charge in [-0.2, -0.15) is 0 Å². The predicted octanol–water partition coefficient (Wildman–Crippen LogP) is 2.70. The van der Waals surface area contributed by atoms with E-state index in [-0.39, 0.29) is 17.8 Å². The van der Waals surface area contributed by atoms with Crippen molar-refractivity contribution in [1.82, 2.24) is 10.1 Å². The molecule has 1 N–H and O–H groups in total. The SMILES string of the molecule is CC(C)(C)OC(=O)N1CCCC[C@@H]1Cc1cc(C(=O)O)no1. The van der Waals surface area contributed by atoms with Crippen LogP contribution in [0.3, 0.4) is 0 Å². The topological polar surface area (TPSA) is 92.9 Å². The summed E-state index contributed by atoms with van der Waals surface area (Å²) in [5.74, 6) is -0.652. The molecule has 1 aromatic rings. The van der Waals surface area contributed by atoms with Crippen LogP contribution >= 0.6 is 0 Å². The Morgan fingerprint density at radius 2 is 2.18 bits per heavy atom. The van der Waals surface area contributed by atoms with E-state index in [1.165, 1.54) is 6.07 Å². The summed E-state index contributed by atoms with van der Waals surface area (Å²) >= 11 is 0. The first-order chi connectivity index (χ1) is 10.3. The summed E-state index contributed by atoms with van der Waals surface area (Å²) in [6.45, 7) is 6.14. The zero-order valence-electron chi connectivity index (χ0n) is 13.2. The number of carbonyl (C=O) groups excluding carboxylic acids is 1. The van der Waals surface area contributed by atoms with Gasteiger partial charge in [-0.15, -0.1) is 0 Å². The molecule has 0 bridgehead atoms. The molecule has 1 aromatic heterocycles. The molecule has 0 spiro atoms. The Morgan fingerprint density at radius 3 is 2.77 bits per heavy atom. The van der Waals surface area contributed by atoms with Crippen molar-refractivity contribution >= 4 is 12.1 Å². The first-order valence-electron chi connectivity index (χ1n) is 7.45. The van der Waals surface area contributed by atoms with E-state index in [1.54, 1.807) is 4.90 Å². The summed E-state index contributed by atoms with van der Waals surface area (Å²) in [5.41, 5.74) is -0.656. The number of hydrogen-bond donors (Lipinski definition) is 1. The molecule has 2 rings (SSSR count). The van der Waals surface area contributed by atoms with Crippen LogP contribution in [0.15, 0.2) is 10.6 Å². The summed E-state index contributed by atoms with van der Waals surface area (Å²) in [5, 5.41) is 12.4. The summed E-state index contributed by atoms with van der Waals surface area (Å²) in [6.07, 6.45) is 2.90. The molecule has 0 radical (unpaired) electrons. The fraction of sp³-hybridized carbons (Fsp3) is 0.667. The average Bonchev–Trinajstić information content (AvgIpc) is 2.86. The molecule has 7 heteroatoms. The van der Waals surface area contributed by atoms with Gasteiger partial charge in [0.15, 0.2) is 5.69 Å². The number of piperidine rings is 1. The molecule has 1 aliphatic rings. The molecule has 1 saturated heterocycles. The number of likely N-dealkylation sites (tertiary alicyclic amines) is 1. The van der Waals surface area contributed by atoms with Gasteiger partial charge in [0, 0.05) is 25.1 Å². The van der Waals surface area contributed by atoms with E-state index in [9.17, 15) is 9.59 Å². The van der Waals surface area contributed by atoms with E-state index >= 15 is 0 Å². The summed E-state index contributed by atoms with van der Waals surface area (Å²) in [7, 11) is 0. The number of amides is 1. The van der Waals surface area contributed by atoms with E-state index in [4.69, 9.17) is 14.4 Å². The molecule has 2 heterocycles. The molecular formula is C15H22N2O5. The predicted molar refractivity (Wildman–Crippen MR) is 77.7 cm³/mol. The van der Waals surface area contributed by atoms with E-state index in [2.05, 4.69) is 5.16 Å². The highest BCUT2D eigenvalue weighted by molar-refractivity contribution is 5.85. The van der Waals surface area contributed by atoms with Crippen LogP contribution in [0, 0.1) is 0 Å². The van der Waals surface area contributed by atoms with Crippen LogP contribution in [0.2, 0.25) is 0 Å². The first kappa shape index (κ1) is 16.3. The largest absolute Gasteiger partial charge is 0.476 e. The van der Waals surface area contributed by atoms with Gasteiger partial charge in [0.1, 0.15) is 11.4 Å². The lowest BCUT2D eigenvalue weighted by molar-refractivity contribution is 0.00929. The Hall–Kier alpha value is -2.05. The molecule has 1 aliphatic heterocycles. The quantitative estimate of drug-likeness (QED) is 0.922. The number of aromatic nitrogens is 1. The van der Waals surface area contributed by atoms with Gasteiger partial charge >= 0.3 is 12.1 Å². The number of ether oxygens (including phenoxy) is 1. The highest BCUT2D eigenvalue weighted by Crippen LogP contribution is 2.23. The van der Waals surface area contributed by atoms with Crippen LogP contribution in [-0.2, 0) is 11.2 Å². The minimum Gasteiger partial charge on any atom is -0.476 e. The lowest BCUT2D eigenvalue weighted by Crippen LogP contribution is -2.47. The molecule has 1 amide bonds. The van der Waals surface area contributed by atoms with Crippen molar-refractivity contribution < 1.29 is 24.0 Å². The summed E-state index contributed by atoms with van der Waals surface area (Å²) in [6, 6.07) is 1.35. The fourth-order valence-corrected chi connectivity index (χ4v) is 2.52. The summed E-state index contributed by atoms with van der Waals surface area (Å²) < 4.78 is 10.5. The Bertz CT molecular complexity index is 546. The smallest absolute Gasteiger partial charge is 0.410 e. The van der Waals surface area contributed by atoms with E-state index in [0.29, 0.717) is 18.7 Å². The van der Waals surface area contributed by atoms with Crippen molar-refractivity contribution in [2.75, 3.05) is 6.54 Å². The van der Waals surface area contributed by atoms with Gasteiger partial charge in [0.05, 0.1) is 0 Å². The van der Waals surface area contributed by atoms with Gasteiger partial charge in [-0.25, -0.2) is 9.59 Å². The number of carboxylic acid groups (broad SMARTS) is 1. The Balaban J connectivity index is 2.05. The Morgan fingerprint density at radius 1 is 1.45 bits per heavy atom. The van der Waals surface area contributed by atoms with Gasteiger partial charge in [0.25, 0.3) is 0 Å². The third-order valence-electron chi connectivity index (χ3n) is 3.47. The van der Waals surface area contributed by atoms with Crippen molar-refractivity contribution in [3.8, 4) is 0 Å². The Labute approximate surface area is 129 Å². The molecule has 122 valence electrons. The number of hydrogen-bond acceptors (Lipinski definition) is 5. The zero-order chi connectivity index (χ0) is 16.3. The molecule has 0 saturated carbocycles. The zero-order valence-corrected chi connectivity index (χ0v) is 13.2. The third-order valence-corrected chi connectivity index (χ3v) is 3.47. The molecule has 7 nitrogen and oxygen atoms in total. The number of aromatic carboxylic acids is 1. The second-order valence-electron chi connectivity index (χ2n) is 6.51. The highest BCUT2D eigenvalue weighted by Gasteiger charge is 2.31. The van der Waals surface area contributed by atoms with Crippen molar-refractivity contribution in [2.45, 2.75) is 58.1 Å². The second kappa shape index (κ2) is 6.37. The van der Waals surface area contributed by atoms with Crippen LogP contribution in [0.4, 0.5) is 4.79 Å². The minimum atomic E-state index is -1.12. The van der Waals surface area contributed by atoms with Gasteiger partial charge in [-0.1, -0.05) is 5.16 Å². The van der Waals surface area contributed by atoms with Crippen LogP contribution in [0.5, 0.6) is 0 Å². The molecule has 1 fully saturated rings. The maximum Gasteiger partial charge on any atom is 0.410 e. The van der Waals surface area contributed by atoms with E-state index < -0.39 is 11.6 Å². The standard InChI is InChI=1S/C15H22N2O5/c1-15(2,3)21-14(20)17-7-5-4-6-10(17)8-11-9-12(13(18)19)16-22-11/h9-10H,4-8H2,1-3H3,(H,18,19)/t10-/m1/s1. The number of carboxylic acids is 1. The van der Waals surface area contributed by atoms with E-state index in [1.807, 2.05) is 20.8 Å². The maximum absolute atomic E-state index is 12.3. The van der Waals surface area contributed by atoms with Crippen LogP contribution in [0.1, 0.15) is 56.3 Å². The highest BCUT2D eigenvalue weighted by atomic mass is 16.6. The second-order valence-corrected chi connectivity index (χ2v) is 6.51. The molecule has 0 aliphatic carbocycles. The maximum atomic E-state index is 12.3. The Kier molecular flexibility index (Phi) is 4.73. The van der Waals surface area contributed by atoms with Crippen LogP contribution < -0.4 is 0 Å². The number of rotatable bonds is 3. The van der Waals surface area contributed by atoms with Crippen molar-refractivity contribution in [3.05, 3.63) is 17.5 Å². The van der Waals surface area contributed by atoms with Crippen molar-refractivity contribution in [2.24, 2.45) is 0 Å². The lowest BCUT2D eigenvalue weighted by Gasteiger charge is -2.36. The van der Waals surface area contributed by atoms with Gasteiger partial charge in [-0.05, 0) is 40.0 Å². The third kappa shape index (κ3) is 4.22. The lowest BCUT2D eigenvalue weighted by atomic mass is 9.98. The van der Waals surface area contributed by atoms with Gasteiger partial charge in [-0.3, -0.25) is 0 Å². The minimum absolute atomic E-state index is 0.0572. The first-order valence-corrected chi connectivity index (χ1v) is 7.45. The van der Waals surface area contributed by atoms with Crippen LogP contribution in [-0.4, -0.2) is 45.4 Å². The monoisotopic (exact) mass is 310 g/mol. The molecule has 0 unspecified atom stereocenters. The van der Waals surface area contributed by atoms with Crippen LogP contribution in [0.25, 0.3) is 0 Å². The fourth-order valence-electron chi connectivity index (χ4n) is 2.52. The summed E-state index contributed by atoms with van der Waals surface area (Å²) in [4.78, 5) is 24.8. The average molecular weight is 310 g/mol. The van der Waals surface area contributed by atoms with Crippen molar-refractivity contribution in [3.63, 3.8) is 0 Å². The number of carbonyl (C=O) groups is 2. The molecular weight excluding hydrogens is 288 g/mol. The molecule has 1 atom stereocenters. The number of nitrogens with zero attached hydrogens (tertiary/aromatic N) is 2. The van der Waals surface area contributed by atoms with Gasteiger partial charge in [0.2, 0.25) is 0 Å². The molecule has 0 aromatic carbocycles. The normalized spacial score (nSPS) is 19.0. The van der Waals surface area contributed by atoms with Gasteiger partial charge < -0.3 is 19.3 Å². The molecule has 22 heavy (non-hydrogen) atoms.